The van der Waals surface area contributed by atoms with E-state index >= 15 is 0 Å². The van der Waals surface area contributed by atoms with Crippen LogP contribution in [0, 0.1) is 0 Å². The smallest absolute Gasteiger partial charge is 0.343 e. The summed E-state index contributed by atoms with van der Waals surface area (Å²) in [7, 11) is 0. The Kier molecular flexibility index (Phi) is 7.65. The van der Waals surface area contributed by atoms with Gasteiger partial charge in [0, 0.05) is 11.8 Å². The molecule has 0 spiro atoms. The van der Waals surface area contributed by atoms with Gasteiger partial charge in [-0.15, -0.1) is 12.4 Å². The lowest BCUT2D eigenvalue weighted by atomic mass is 10.4. The Hall–Kier alpha value is 0.440. The molecule has 7 heteroatoms. The maximum atomic E-state index is 8.37. The fraction of sp³-hybridized carbons (Fsp3) is 1.00. The summed E-state index contributed by atoms with van der Waals surface area (Å²) in [6.07, 6.45) is -2.88. The Balaban J connectivity index is 0. The van der Waals surface area contributed by atoms with Crippen LogP contribution in [0.15, 0.2) is 0 Å². The molecule has 0 bridgehead atoms. The van der Waals surface area contributed by atoms with Crippen molar-refractivity contribution < 1.29 is 20.4 Å². The van der Waals surface area contributed by atoms with Crippen molar-refractivity contribution in [3.05, 3.63) is 0 Å². The molecule has 5 N–H and O–H groups in total. The van der Waals surface area contributed by atoms with E-state index in [9.17, 15) is 0 Å². The Bertz CT molecular complexity index is 98.6. The molecule has 0 aliphatic rings. The summed E-state index contributed by atoms with van der Waals surface area (Å²) in [5, 5.41) is 34.6. The third kappa shape index (κ3) is 10.4. The van der Waals surface area contributed by atoms with Gasteiger partial charge in [0.15, 0.2) is 0 Å². The highest BCUT2D eigenvalue weighted by Gasteiger charge is 2.17. The highest BCUT2D eigenvalue weighted by molar-refractivity contribution is 7.81. The number of halogens is 1. The standard InChI is InChI=1S/C4H11NO4S.ClH/c6-2-3(10)1-5-4(7,8)9;/h3,5-10H,1-2H2;1H. The molecule has 0 fully saturated rings. The number of aliphatic hydroxyl groups is 4. The molecule has 1 atom stereocenters. The summed E-state index contributed by atoms with van der Waals surface area (Å²) in [5.74, 6) is 0. The van der Waals surface area contributed by atoms with Crippen LogP contribution in [0.1, 0.15) is 0 Å². The van der Waals surface area contributed by atoms with E-state index in [1.807, 2.05) is 5.32 Å². The summed E-state index contributed by atoms with van der Waals surface area (Å²) in [6, 6.07) is 0. The fourth-order valence-electron chi connectivity index (χ4n) is 0.319. The number of hydrogen-bond donors (Lipinski definition) is 6. The normalized spacial score (nSPS) is 13.9. The third-order valence-electron chi connectivity index (χ3n) is 0.786. The highest BCUT2D eigenvalue weighted by Crippen LogP contribution is 1.92. The Labute approximate surface area is 75.9 Å². The molecular formula is C4H12ClNO4S. The second-order valence-electron chi connectivity index (χ2n) is 1.85. The first-order valence-electron chi connectivity index (χ1n) is 2.67. The monoisotopic (exact) mass is 205 g/mol. The zero-order valence-electron chi connectivity index (χ0n) is 5.64. The van der Waals surface area contributed by atoms with Crippen molar-refractivity contribution >= 4 is 25.0 Å². The zero-order chi connectivity index (χ0) is 8.20. The number of rotatable bonds is 4. The fourth-order valence-corrected chi connectivity index (χ4v) is 0.411. The lowest BCUT2D eigenvalue weighted by Gasteiger charge is -2.17. The lowest BCUT2D eigenvalue weighted by molar-refractivity contribution is -0.331. The van der Waals surface area contributed by atoms with E-state index in [1.165, 1.54) is 0 Å². The summed E-state index contributed by atoms with van der Waals surface area (Å²) < 4.78 is 0. The first-order chi connectivity index (χ1) is 4.45. The van der Waals surface area contributed by atoms with Gasteiger partial charge in [-0.2, -0.15) is 12.6 Å². The van der Waals surface area contributed by atoms with Gasteiger partial charge in [0.1, 0.15) is 0 Å². The van der Waals surface area contributed by atoms with Crippen LogP contribution in [0.25, 0.3) is 0 Å². The van der Waals surface area contributed by atoms with Gasteiger partial charge in [0.2, 0.25) is 0 Å². The van der Waals surface area contributed by atoms with Gasteiger partial charge < -0.3 is 20.4 Å². The van der Waals surface area contributed by atoms with Crippen molar-refractivity contribution in [2.24, 2.45) is 0 Å². The lowest BCUT2D eigenvalue weighted by Crippen LogP contribution is -2.47. The number of nitrogens with one attached hydrogen (secondary N) is 1. The summed E-state index contributed by atoms with van der Waals surface area (Å²) in [5.41, 5.74) is 0. The Morgan fingerprint density at radius 2 is 1.82 bits per heavy atom. The molecule has 0 saturated carbocycles. The van der Waals surface area contributed by atoms with E-state index in [1.54, 1.807) is 0 Å². The van der Waals surface area contributed by atoms with E-state index in [2.05, 4.69) is 12.6 Å². The van der Waals surface area contributed by atoms with Crippen molar-refractivity contribution in [2.75, 3.05) is 13.2 Å². The van der Waals surface area contributed by atoms with Crippen molar-refractivity contribution in [3.8, 4) is 0 Å². The van der Waals surface area contributed by atoms with Crippen LogP contribution in [-0.4, -0.2) is 44.9 Å². The molecule has 0 aliphatic heterocycles. The molecule has 0 saturated heterocycles. The van der Waals surface area contributed by atoms with Crippen LogP contribution >= 0.6 is 25.0 Å². The Morgan fingerprint density at radius 1 is 1.36 bits per heavy atom. The molecule has 0 heterocycles. The molecule has 0 radical (unpaired) electrons. The maximum absolute atomic E-state index is 8.37. The van der Waals surface area contributed by atoms with Gasteiger partial charge in [-0.25, -0.2) is 5.32 Å². The van der Waals surface area contributed by atoms with Crippen molar-refractivity contribution in [1.29, 1.82) is 0 Å². The molecule has 11 heavy (non-hydrogen) atoms. The van der Waals surface area contributed by atoms with Crippen LogP contribution in [0.2, 0.25) is 0 Å². The van der Waals surface area contributed by atoms with Crippen LogP contribution in [-0.2, 0) is 0 Å². The minimum absolute atomic E-state index is 0. The maximum Gasteiger partial charge on any atom is 0.343 e. The molecule has 1 unspecified atom stereocenters. The van der Waals surface area contributed by atoms with Crippen molar-refractivity contribution in [2.45, 2.75) is 11.3 Å². The third-order valence-corrected chi connectivity index (χ3v) is 1.13. The van der Waals surface area contributed by atoms with Crippen LogP contribution < -0.4 is 5.32 Å². The molecular weight excluding hydrogens is 194 g/mol. The average molecular weight is 206 g/mol. The number of hydrogen-bond acceptors (Lipinski definition) is 6. The predicted molar refractivity (Wildman–Crippen MR) is 44.5 cm³/mol. The Morgan fingerprint density at radius 3 is 2.09 bits per heavy atom. The topological polar surface area (TPSA) is 93.0 Å². The first kappa shape index (κ1) is 14.0. The SMILES string of the molecule is Cl.OCC(S)CNC(O)(O)O. The quantitative estimate of drug-likeness (QED) is 0.233. The van der Waals surface area contributed by atoms with E-state index < -0.39 is 11.3 Å². The van der Waals surface area contributed by atoms with Crippen LogP contribution in [0.5, 0.6) is 0 Å². The molecule has 70 valence electrons. The summed E-state index contributed by atoms with van der Waals surface area (Å²) in [6.45, 7) is -0.199. The van der Waals surface area contributed by atoms with E-state index in [4.69, 9.17) is 20.4 Å². The molecule has 0 rings (SSSR count). The van der Waals surface area contributed by atoms with Gasteiger partial charge in [0.25, 0.3) is 0 Å². The van der Waals surface area contributed by atoms with Gasteiger partial charge in [-0.05, 0) is 0 Å². The number of aliphatic hydroxyl groups excluding tert-OH is 1. The minimum atomic E-state index is -2.88. The number of thiol groups is 1. The second-order valence-corrected chi connectivity index (χ2v) is 2.58. The zero-order valence-corrected chi connectivity index (χ0v) is 7.35. The van der Waals surface area contributed by atoms with Gasteiger partial charge in [0.05, 0.1) is 6.61 Å². The first-order valence-corrected chi connectivity index (χ1v) is 3.18. The largest absolute Gasteiger partial charge is 0.395 e. The average Bonchev–Trinajstić information content (AvgIpc) is 1.81. The molecule has 0 aromatic carbocycles. The minimum Gasteiger partial charge on any atom is -0.395 e. The van der Waals surface area contributed by atoms with Gasteiger partial charge in [-0.1, -0.05) is 0 Å². The molecule has 5 nitrogen and oxygen atoms in total. The van der Waals surface area contributed by atoms with Crippen molar-refractivity contribution in [3.63, 3.8) is 0 Å². The van der Waals surface area contributed by atoms with Crippen LogP contribution in [0.3, 0.4) is 0 Å². The second kappa shape index (κ2) is 6.01. The van der Waals surface area contributed by atoms with Crippen LogP contribution in [0.4, 0.5) is 0 Å². The molecule has 0 aliphatic carbocycles. The van der Waals surface area contributed by atoms with Gasteiger partial charge >= 0.3 is 6.10 Å². The summed E-state index contributed by atoms with van der Waals surface area (Å²) >= 11 is 3.80. The molecule has 0 aromatic heterocycles. The van der Waals surface area contributed by atoms with Gasteiger partial charge in [-0.3, -0.25) is 0 Å². The molecule has 0 aromatic rings. The molecule has 0 amide bonds. The highest BCUT2D eigenvalue weighted by atomic mass is 35.5. The van der Waals surface area contributed by atoms with E-state index in [0.29, 0.717) is 0 Å². The summed E-state index contributed by atoms with van der Waals surface area (Å²) in [4.78, 5) is 0. The van der Waals surface area contributed by atoms with Crippen molar-refractivity contribution in [1.82, 2.24) is 5.32 Å². The predicted octanol–water partition coefficient (Wildman–Crippen LogP) is -2.12. The van der Waals surface area contributed by atoms with E-state index in [0.717, 1.165) is 0 Å². The van der Waals surface area contributed by atoms with E-state index in [-0.39, 0.29) is 25.6 Å².